The number of rotatable bonds is 24. The van der Waals surface area contributed by atoms with Crippen LogP contribution in [0.15, 0.2) is 48.6 Å². The minimum atomic E-state index is -0.371. The van der Waals surface area contributed by atoms with Gasteiger partial charge in [0.15, 0.2) is 0 Å². The lowest BCUT2D eigenvalue weighted by molar-refractivity contribution is -0.159. The predicted octanol–water partition coefficient (Wildman–Crippen LogP) is 10.1. The molecule has 0 rings (SSSR count). The molecule has 0 atom stereocenters. The second-order valence-electron chi connectivity index (χ2n) is 9.39. The molecule has 0 bridgehead atoms. The highest BCUT2D eigenvalue weighted by molar-refractivity contribution is 5.85. The van der Waals surface area contributed by atoms with Gasteiger partial charge in [0.1, 0.15) is 0 Å². The molecule has 200 valence electrons. The van der Waals surface area contributed by atoms with Crippen molar-refractivity contribution in [1.29, 1.82) is 0 Å². The van der Waals surface area contributed by atoms with Crippen LogP contribution in [0, 0.1) is 0 Å². The molecule has 0 amide bonds. The molecule has 0 saturated heterocycles. The quantitative estimate of drug-likeness (QED) is 0.0590. The molecule has 0 aliphatic carbocycles. The predicted molar refractivity (Wildman–Crippen MR) is 151 cm³/mol. The fourth-order valence-electron chi connectivity index (χ4n) is 3.68. The van der Waals surface area contributed by atoms with Crippen LogP contribution in [-0.4, -0.2) is 11.9 Å². The average Bonchev–Trinajstić information content (AvgIpc) is 2.85. The number of ether oxygens (including phenoxy) is 1. The van der Waals surface area contributed by atoms with Crippen LogP contribution in [0.5, 0.6) is 0 Å². The first kappa shape index (κ1) is 33.1. The number of carbonyl (C=O) groups excluding carboxylic acids is 2. The topological polar surface area (TPSA) is 43.4 Å². The van der Waals surface area contributed by atoms with Gasteiger partial charge in [-0.05, 0) is 77.0 Å². The highest BCUT2D eigenvalue weighted by atomic mass is 16.6. The highest BCUT2D eigenvalue weighted by Crippen LogP contribution is 2.09. The summed E-state index contributed by atoms with van der Waals surface area (Å²) in [4.78, 5) is 23.6. The lowest BCUT2D eigenvalue weighted by Gasteiger charge is -2.03. The number of esters is 2. The molecule has 0 fully saturated rings. The summed E-state index contributed by atoms with van der Waals surface area (Å²) in [6.45, 7) is 4.46. The lowest BCUT2D eigenvalue weighted by atomic mass is 10.1. The number of allylic oxidation sites excluding steroid dienone is 8. The Bertz CT molecular complexity index is 546. The largest absolute Gasteiger partial charge is 0.393 e. The molecule has 0 aliphatic rings. The Morgan fingerprint density at radius 1 is 0.457 bits per heavy atom. The zero-order valence-electron chi connectivity index (χ0n) is 23.0. The van der Waals surface area contributed by atoms with E-state index in [1.54, 1.807) is 0 Å². The summed E-state index contributed by atoms with van der Waals surface area (Å²) in [5.41, 5.74) is 0. The van der Waals surface area contributed by atoms with Gasteiger partial charge in [-0.1, -0.05) is 101 Å². The van der Waals surface area contributed by atoms with Gasteiger partial charge in [-0.25, -0.2) is 0 Å². The number of hydrogen-bond acceptors (Lipinski definition) is 3. The first-order valence-corrected chi connectivity index (χ1v) is 14.5. The zero-order valence-corrected chi connectivity index (χ0v) is 23.0. The molecule has 35 heavy (non-hydrogen) atoms. The van der Waals surface area contributed by atoms with Crippen molar-refractivity contribution in [3.63, 3.8) is 0 Å². The van der Waals surface area contributed by atoms with E-state index in [4.69, 9.17) is 4.74 Å². The maximum Gasteiger partial charge on any atom is 0.313 e. The molecule has 0 spiro atoms. The molecular weight excluding hydrogens is 432 g/mol. The van der Waals surface area contributed by atoms with E-state index >= 15 is 0 Å². The van der Waals surface area contributed by atoms with Crippen LogP contribution in [0.1, 0.15) is 142 Å². The minimum absolute atomic E-state index is 0.341. The van der Waals surface area contributed by atoms with Gasteiger partial charge in [-0.2, -0.15) is 0 Å². The van der Waals surface area contributed by atoms with Crippen LogP contribution < -0.4 is 0 Å². The molecule has 0 unspecified atom stereocenters. The van der Waals surface area contributed by atoms with Crippen molar-refractivity contribution in [2.75, 3.05) is 0 Å². The summed E-state index contributed by atoms with van der Waals surface area (Å²) in [6.07, 6.45) is 38.6. The van der Waals surface area contributed by atoms with Crippen LogP contribution in [0.3, 0.4) is 0 Å². The lowest BCUT2D eigenvalue weighted by Crippen LogP contribution is -2.11. The highest BCUT2D eigenvalue weighted by Gasteiger charge is 2.09. The van der Waals surface area contributed by atoms with E-state index in [1.807, 2.05) is 0 Å². The van der Waals surface area contributed by atoms with Gasteiger partial charge in [0, 0.05) is 12.8 Å². The van der Waals surface area contributed by atoms with E-state index < -0.39 is 0 Å². The van der Waals surface area contributed by atoms with E-state index in [0.29, 0.717) is 12.8 Å². The number of hydrogen-bond donors (Lipinski definition) is 0. The third kappa shape index (κ3) is 28.2. The fraction of sp³-hybridized carbons (Fsp3) is 0.688. The molecule has 0 saturated carbocycles. The maximum absolute atomic E-state index is 11.8. The van der Waals surface area contributed by atoms with Crippen LogP contribution in [0.25, 0.3) is 0 Å². The van der Waals surface area contributed by atoms with Crippen LogP contribution in [0.2, 0.25) is 0 Å². The summed E-state index contributed by atoms with van der Waals surface area (Å²) in [5, 5.41) is 0. The molecule has 0 aromatic carbocycles. The molecule has 3 nitrogen and oxygen atoms in total. The molecule has 3 heteroatoms. The van der Waals surface area contributed by atoms with Gasteiger partial charge in [-0.15, -0.1) is 0 Å². The zero-order chi connectivity index (χ0) is 25.7. The van der Waals surface area contributed by atoms with E-state index in [1.165, 1.54) is 51.4 Å². The minimum Gasteiger partial charge on any atom is -0.393 e. The second-order valence-corrected chi connectivity index (χ2v) is 9.39. The Morgan fingerprint density at radius 3 is 1.14 bits per heavy atom. The maximum atomic E-state index is 11.8. The Balaban J connectivity index is 3.49. The summed E-state index contributed by atoms with van der Waals surface area (Å²) >= 11 is 0. The summed E-state index contributed by atoms with van der Waals surface area (Å²) in [5.74, 6) is -0.742. The van der Waals surface area contributed by atoms with Gasteiger partial charge >= 0.3 is 11.9 Å². The van der Waals surface area contributed by atoms with Crippen molar-refractivity contribution in [3.8, 4) is 0 Å². The molecule has 0 N–H and O–H groups in total. The number of unbranched alkanes of at least 4 members (excludes halogenated alkanes) is 12. The summed E-state index contributed by atoms with van der Waals surface area (Å²) in [7, 11) is 0. The van der Waals surface area contributed by atoms with E-state index in [9.17, 15) is 9.59 Å². The summed E-state index contributed by atoms with van der Waals surface area (Å²) in [6, 6.07) is 0. The third-order valence-electron chi connectivity index (χ3n) is 5.89. The van der Waals surface area contributed by atoms with Crippen molar-refractivity contribution < 1.29 is 14.3 Å². The molecular formula is C32H54O3. The fourth-order valence-corrected chi connectivity index (χ4v) is 3.68. The standard InChI is InChI=1S/C32H54O3/c1-3-5-7-9-11-13-15-17-19-21-23-25-27-29-31(33)35-32(34)30-28-26-24-22-20-18-16-14-12-10-8-6-4-2/h11-14,17-20H,3-10,15-16,21-30H2,1-2H3/b13-11-,14-12-,19-17-,20-18-. The smallest absolute Gasteiger partial charge is 0.313 e. The van der Waals surface area contributed by atoms with Crippen molar-refractivity contribution in [1.82, 2.24) is 0 Å². The van der Waals surface area contributed by atoms with Crippen LogP contribution in [-0.2, 0) is 14.3 Å². The SMILES string of the molecule is CCCCC/C=C\C/C=C\CCCCCC(=O)OC(=O)CCCCC/C=C\C/C=C\CCCCC. The Kier molecular flexibility index (Phi) is 26.8. The van der Waals surface area contributed by atoms with Crippen molar-refractivity contribution in [3.05, 3.63) is 48.6 Å². The Morgan fingerprint density at radius 2 is 0.800 bits per heavy atom. The van der Waals surface area contributed by atoms with Crippen LogP contribution >= 0.6 is 0 Å². The molecule has 0 aromatic rings. The van der Waals surface area contributed by atoms with Crippen molar-refractivity contribution in [2.24, 2.45) is 0 Å². The summed E-state index contributed by atoms with van der Waals surface area (Å²) < 4.78 is 4.94. The second kappa shape index (κ2) is 28.3. The molecule has 0 aliphatic heterocycles. The average molecular weight is 487 g/mol. The molecule has 0 aromatic heterocycles. The normalized spacial score (nSPS) is 12.1. The van der Waals surface area contributed by atoms with Gasteiger partial charge in [0.25, 0.3) is 0 Å². The van der Waals surface area contributed by atoms with Gasteiger partial charge < -0.3 is 4.74 Å². The first-order valence-electron chi connectivity index (χ1n) is 14.5. The molecule has 0 radical (unpaired) electrons. The van der Waals surface area contributed by atoms with E-state index in [-0.39, 0.29) is 11.9 Å². The first-order chi connectivity index (χ1) is 17.2. The van der Waals surface area contributed by atoms with E-state index in [2.05, 4.69) is 62.5 Å². The van der Waals surface area contributed by atoms with E-state index in [0.717, 1.165) is 64.2 Å². The number of carbonyl (C=O) groups is 2. The van der Waals surface area contributed by atoms with Gasteiger partial charge in [0.05, 0.1) is 0 Å². The van der Waals surface area contributed by atoms with Crippen molar-refractivity contribution >= 4 is 11.9 Å². The Hall–Kier alpha value is -1.90. The molecule has 0 heterocycles. The monoisotopic (exact) mass is 486 g/mol. The van der Waals surface area contributed by atoms with Crippen molar-refractivity contribution in [2.45, 2.75) is 142 Å². The third-order valence-corrected chi connectivity index (χ3v) is 5.89. The van der Waals surface area contributed by atoms with Crippen LogP contribution in [0.4, 0.5) is 0 Å². The van der Waals surface area contributed by atoms with Gasteiger partial charge in [0.2, 0.25) is 0 Å². The Labute approximate surface area is 217 Å². The van der Waals surface area contributed by atoms with Gasteiger partial charge in [-0.3, -0.25) is 9.59 Å².